The minimum Gasteiger partial charge on any atom is -0.497 e. The third kappa shape index (κ3) is 5.75. The van der Waals surface area contributed by atoms with Crippen LogP contribution < -0.4 is 15.4 Å². The molecule has 4 heteroatoms. The number of benzene rings is 1. The minimum absolute atomic E-state index is 0.0194. The van der Waals surface area contributed by atoms with Crippen LogP contribution in [-0.4, -0.2) is 33.2 Å². The highest BCUT2D eigenvalue weighted by molar-refractivity contribution is 5.78. The van der Waals surface area contributed by atoms with Gasteiger partial charge in [-0.15, -0.1) is 0 Å². The van der Waals surface area contributed by atoms with Crippen molar-refractivity contribution in [3.05, 3.63) is 29.8 Å². The van der Waals surface area contributed by atoms with Gasteiger partial charge in [0.25, 0.3) is 0 Å². The van der Waals surface area contributed by atoms with Crippen molar-refractivity contribution in [1.82, 2.24) is 10.6 Å². The normalized spacial score (nSPS) is 11.9. The van der Waals surface area contributed by atoms with E-state index in [0.717, 1.165) is 25.1 Å². The molecular weight excluding hydrogens is 240 g/mol. The second-order valence-electron chi connectivity index (χ2n) is 4.70. The molecule has 0 fully saturated rings. The number of hydrogen-bond donors (Lipinski definition) is 2. The van der Waals surface area contributed by atoms with Crippen molar-refractivity contribution in [3.8, 4) is 5.75 Å². The van der Waals surface area contributed by atoms with E-state index in [1.165, 1.54) is 5.56 Å². The molecule has 1 amide bonds. The third-order valence-corrected chi connectivity index (χ3v) is 3.06. The van der Waals surface area contributed by atoms with Crippen molar-refractivity contribution in [3.63, 3.8) is 0 Å². The summed E-state index contributed by atoms with van der Waals surface area (Å²) in [6.07, 6.45) is 1.91. The number of carbonyl (C=O) groups is 1. The van der Waals surface area contributed by atoms with Crippen LogP contribution in [0.15, 0.2) is 24.3 Å². The molecule has 0 aliphatic heterocycles. The summed E-state index contributed by atoms with van der Waals surface area (Å²) in [6.45, 7) is 3.36. The summed E-state index contributed by atoms with van der Waals surface area (Å²) in [6, 6.07) is 8.04. The highest BCUT2D eigenvalue weighted by Crippen LogP contribution is 2.12. The first-order chi connectivity index (χ1) is 9.17. The second kappa shape index (κ2) is 8.53. The Hall–Kier alpha value is -1.55. The fraction of sp³-hybridized carbons (Fsp3) is 0.533. The topological polar surface area (TPSA) is 50.4 Å². The van der Waals surface area contributed by atoms with Gasteiger partial charge >= 0.3 is 0 Å². The SMILES string of the molecule is CNCC(C)C(=O)NCCCc1ccc(OC)cc1. The Morgan fingerprint density at radius 2 is 2.00 bits per heavy atom. The third-order valence-electron chi connectivity index (χ3n) is 3.06. The first-order valence-corrected chi connectivity index (χ1v) is 6.72. The van der Waals surface area contributed by atoms with E-state index in [1.807, 2.05) is 26.1 Å². The average Bonchev–Trinajstić information content (AvgIpc) is 2.44. The van der Waals surface area contributed by atoms with Crippen molar-refractivity contribution < 1.29 is 9.53 Å². The molecule has 0 saturated heterocycles. The lowest BCUT2D eigenvalue weighted by molar-refractivity contribution is -0.124. The number of aryl methyl sites for hydroxylation is 1. The lowest BCUT2D eigenvalue weighted by Crippen LogP contribution is -2.34. The molecule has 0 saturated carbocycles. The number of hydrogen-bond acceptors (Lipinski definition) is 3. The van der Waals surface area contributed by atoms with Gasteiger partial charge in [-0.2, -0.15) is 0 Å². The van der Waals surface area contributed by atoms with Gasteiger partial charge in [0.15, 0.2) is 0 Å². The van der Waals surface area contributed by atoms with E-state index in [2.05, 4.69) is 22.8 Å². The maximum absolute atomic E-state index is 11.7. The Morgan fingerprint density at radius 1 is 1.32 bits per heavy atom. The predicted octanol–water partition coefficient (Wildman–Crippen LogP) is 1.60. The van der Waals surface area contributed by atoms with Gasteiger partial charge in [-0.3, -0.25) is 4.79 Å². The smallest absolute Gasteiger partial charge is 0.224 e. The summed E-state index contributed by atoms with van der Waals surface area (Å²) in [5, 5.41) is 5.96. The van der Waals surface area contributed by atoms with E-state index in [-0.39, 0.29) is 11.8 Å². The maximum atomic E-state index is 11.7. The van der Waals surface area contributed by atoms with Crippen molar-refractivity contribution >= 4 is 5.91 Å². The number of nitrogens with one attached hydrogen (secondary N) is 2. The summed E-state index contributed by atoms with van der Waals surface area (Å²) in [7, 11) is 3.52. The molecule has 1 atom stereocenters. The van der Waals surface area contributed by atoms with Crippen LogP contribution in [0.25, 0.3) is 0 Å². The van der Waals surface area contributed by atoms with Crippen LogP contribution in [0, 0.1) is 5.92 Å². The quantitative estimate of drug-likeness (QED) is 0.701. The highest BCUT2D eigenvalue weighted by atomic mass is 16.5. The molecule has 0 heterocycles. The van der Waals surface area contributed by atoms with Crippen LogP contribution in [0.2, 0.25) is 0 Å². The number of ether oxygens (including phenoxy) is 1. The molecule has 1 unspecified atom stereocenters. The van der Waals surface area contributed by atoms with Crippen molar-refractivity contribution in [1.29, 1.82) is 0 Å². The molecule has 19 heavy (non-hydrogen) atoms. The van der Waals surface area contributed by atoms with Crippen molar-refractivity contribution in [2.45, 2.75) is 19.8 Å². The van der Waals surface area contributed by atoms with Crippen LogP contribution in [-0.2, 0) is 11.2 Å². The van der Waals surface area contributed by atoms with Crippen LogP contribution in [0.4, 0.5) is 0 Å². The number of carbonyl (C=O) groups excluding carboxylic acids is 1. The van der Waals surface area contributed by atoms with Gasteiger partial charge in [0.2, 0.25) is 5.91 Å². The molecule has 0 bridgehead atoms. The molecule has 0 aliphatic carbocycles. The Morgan fingerprint density at radius 3 is 2.58 bits per heavy atom. The van der Waals surface area contributed by atoms with Crippen LogP contribution >= 0.6 is 0 Å². The lowest BCUT2D eigenvalue weighted by Gasteiger charge is -2.11. The summed E-state index contributed by atoms with van der Waals surface area (Å²) in [5.74, 6) is 1.01. The highest BCUT2D eigenvalue weighted by Gasteiger charge is 2.10. The van der Waals surface area contributed by atoms with Gasteiger partial charge < -0.3 is 15.4 Å². The predicted molar refractivity (Wildman–Crippen MR) is 77.4 cm³/mol. The number of rotatable bonds is 8. The second-order valence-corrected chi connectivity index (χ2v) is 4.70. The van der Waals surface area contributed by atoms with Gasteiger partial charge in [0, 0.05) is 19.0 Å². The van der Waals surface area contributed by atoms with Gasteiger partial charge in [0.05, 0.1) is 7.11 Å². The Kier molecular flexibility index (Phi) is 6.97. The molecule has 106 valence electrons. The Labute approximate surface area is 115 Å². The Bertz CT molecular complexity index is 376. The summed E-state index contributed by atoms with van der Waals surface area (Å²) < 4.78 is 5.11. The average molecular weight is 264 g/mol. The van der Waals surface area contributed by atoms with E-state index in [0.29, 0.717) is 6.54 Å². The molecule has 0 radical (unpaired) electrons. The zero-order chi connectivity index (χ0) is 14.1. The van der Waals surface area contributed by atoms with Gasteiger partial charge in [-0.05, 0) is 37.6 Å². The standard InChI is InChI=1S/C15H24N2O2/c1-12(11-16-2)15(18)17-10-4-5-13-6-8-14(19-3)9-7-13/h6-9,12,16H,4-5,10-11H2,1-3H3,(H,17,18). The van der Waals surface area contributed by atoms with E-state index in [4.69, 9.17) is 4.74 Å². The minimum atomic E-state index is 0.0194. The van der Waals surface area contributed by atoms with Crippen molar-refractivity contribution in [2.75, 3.05) is 27.2 Å². The molecule has 2 N–H and O–H groups in total. The fourth-order valence-electron chi connectivity index (χ4n) is 1.87. The molecule has 0 aliphatic rings. The molecule has 0 spiro atoms. The summed E-state index contributed by atoms with van der Waals surface area (Å²) >= 11 is 0. The van der Waals surface area contributed by atoms with E-state index in [9.17, 15) is 4.79 Å². The van der Waals surface area contributed by atoms with Gasteiger partial charge in [-0.1, -0.05) is 19.1 Å². The van der Waals surface area contributed by atoms with Crippen LogP contribution in [0.5, 0.6) is 5.75 Å². The molecule has 1 rings (SSSR count). The zero-order valence-electron chi connectivity index (χ0n) is 12.0. The molecule has 4 nitrogen and oxygen atoms in total. The van der Waals surface area contributed by atoms with E-state index < -0.39 is 0 Å². The first kappa shape index (κ1) is 15.5. The lowest BCUT2D eigenvalue weighted by atomic mass is 10.1. The van der Waals surface area contributed by atoms with Crippen LogP contribution in [0.1, 0.15) is 18.9 Å². The van der Waals surface area contributed by atoms with E-state index in [1.54, 1.807) is 7.11 Å². The van der Waals surface area contributed by atoms with Crippen LogP contribution in [0.3, 0.4) is 0 Å². The fourth-order valence-corrected chi connectivity index (χ4v) is 1.87. The van der Waals surface area contributed by atoms with Gasteiger partial charge in [0.1, 0.15) is 5.75 Å². The monoisotopic (exact) mass is 264 g/mol. The maximum Gasteiger partial charge on any atom is 0.224 e. The molecular formula is C15H24N2O2. The zero-order valence-corrected chi connectivity index (χ0v) is 12.0. The largest absolute Gasteiger partial charge is 0.497 e. The summed E-state index contributed by atoms with van der Waals surface area (Å²) in [5.41, 5.74) is 1.26. The molecule has 1 aromatic rings. The summed E-state index contributed by atoms with van der Waals surface area (Å²) in [4.78, 5) is 11.7. The Balaban J connectivity index is 2.21. The van der Waals surface area contributed by atoms with Crippen molar-refractivity contribution in [2.24, 2.45) is 5.92 Å². The van der Waals surface area contributed by atoms with Gasteiger partial charge in [-0.25, -0.2) is 0 Å². The number of methoxy groups -OCH3 is 1. The molecule has 0 aromatic heterocycles. The molecule has 1 aromatic carbocycles. The van der Waals surface area contributed by atoms with E-state index >= 15 is 0 Å². The first-order valence-electron chi connectivity index (χ1n) is 6.72. The number of amides is 1.